The molecule has 1 atom stereocenters. The lowest BCUT2D eigenvalue weighted by atomic mass is 9.93. The fraction of sp³-hybridized carbons (Fsp3) is 0.421. The molecule has 6 nitrogen and oxygen atoms in total. The number of hydrogen-bond acceptors (Lipinski definition) is 4. The van der Waals surface area contributed by atoms with Gasteiger partial charge < -0.3 is 14.5 Å². The number of fused-ring (bicyclic) bond motifs is 1. The molecule has 0 radical (unpaired) electrons. The molecule has 6 heteroatoms. The molecule has 0 spiro atoms. The predicted octanol–water partition coefficient (Wildman–Crippen LogP) is 2.38. The van der Waals surface area contributed by atoms with Crippen LogP contribution < -0.4 is 0 Å². The molecule has 1 aromatic heterocycles. The van der Waals surface area contributed by atoms with Crippen LogP contribution in [0.3, 0.4) is 0 Å². The molecule has 1 N–H and O–H groups in total. The third-order valence-electron chi connectivity index (χ3n) is 4.79. The number of nitrogens with zero attached hydrogens (tertiary/aromatic N) is 2. The monoisotopic (exact) mass is 342 g/mol. The van der Waals surface area contributed by atoms with Crippen LogP contribution in [0.15, 0.2) is 28.8 Å². The van der Waals surface area contributed by atoms with Gasteiger partial charge in [-0.1, -0.05) is 43.3 Å². The van der Waals surface area contributed by atoms with E-state index in [9.17, 15) is 14.7 Å². The van der Waals surface area contributed by atoms with E-state index in [0.29, 0.717) is 31.6 Å². The lowest BCUT2D eigenvalue weighted by molar-refractivity contribution is -0.151. The predicted molar refractivity (Wildman–Crippen MR) is 91.1 cm³/mol. The third kappa shape index (κ3) is 3.29. The lowest BCUT2D eigenvalue weighted by Gasteiger charge is -2.34. The minimum Gasteiger partial charge on any atom is -0.480 e. The molecule has 0 aliphatic carbocycles. The Balaban J connectivity index is 1.88. The molecule has 1 unspecified atom stereocenters. The topological polar surface area (TPSA) is 83.6 Å². The van der Waals surface area contributed by atoms with Gasteiger partial charge in [0.15, 0.2) is 0 Å². The first-order chi connectivity index (χ1) is 12.0. The van der Waals surface area contributed by atoms with Crippen LogP contribution in [0.25, 0.3) is 0 Å². The number of benzene rings is 1. The van der Waals surface area contributed by atoms with E-state index >= 15 is 0 Å². The SMILES string of the molecule is CCc1noc(CC)c1CC(=O)N1Cc2ccccc2CC1C(=O)O. The van der Waals surface area contributed by atoms with E-state index in [-0.39, 0.29) is 12.3 Å². The van der Waals surface area contributed by atoms with Gasteiger partial charge in [0, 0.05) is 24.9 Å². The first kappa shape index (κ1) is 17.2. The first-order valence-corrected chi connectivity index (χ1v) is 8.60. The summed E-state index contributed by atoms with van der Waals surface area (Å²) in [6, 6.07) is 6.84. The second-order valence-electron chi connectivity index (χ2n) is 6.26. The molecule has 0 fully saturated rings. The Morgan fingerprint density at radius 3 is 2.60 bits per heavy atom. The van der Waals surface area contributed by atoms with Crippen LogP contribution in [-0.4, -0.2) is 33.1 Å². The summed E-state index contributed by atoms with van der Waals surface area (Å²) in [5.41, 5.74) is 3.57. The molecule has 3 rings (SSSR count). The first-order valence-electron chi connectivity index (χ1n) is 8.60. The summed E-state index contributed by atoms with van der Waals surface area (Å²) < 4.78 is 5.32. The number of carboxylic acids is 1. The molecule has 1 aliphatic heterocycles. The van der Waals surface area contributed by atoms with Crippen LogP contribution in [0.1, 0.15) is 42.0 Å². The minimum absolute atomic E-state index is 0.127. The van der Waals surface area contributed by atoms with Crippen LogP contribution in [0.2, 0.25) is 0 Å². The van der Waals surface area contributed by atoms with Crippen LogP contribution in [0.5, 0.6) is 0 Å². The lowest BCUT2D eigenvalue weighted by Crippen LogP contribution is -2.49. The van der Waals surface area contributed by atoms with Gasteiger partial charge in [0.2, 0.25) is 5.91 Å². The maximum absolute atomic E-state index is 12.9. The number of aromatic nitrogens is 1. The van der Waals surface area contributed by atoms with Crippen LogP contribution in [0, 0.1) is 0 Å². The molecule has 132 valence electrons. The van der Waals surface area contributed by atoms with E-state index in [4.69, 9.17) is 4.52 Å². The largest absolute Gasteiger partial charge is 0.480 e. The number of carboxylic acid groups (broad SMARTS) is 1. The molecule has 1 aliphatic rings. The summed E-state index contributed by atoms with van der Waals surface area (Å²) in [4.78, 5) is 26.1. The maximum atomic E-state index is 12.9. The number of amides is 1. The third-order valence-corrected chi connectivity index (χ3v) is 4.79. The quantitative estimate of drug-likeness (QED) is 0.902. The Morgan fingerprint density at radius 2 is 1.96 bits per heavy atom. The van der Waals surface area contributed by atoms with Crippen molar-refractivity contribution in [3.63, 3.8) is 0 Å². The highest BCUT2D eigenvalue weighted by Gasteiger charge is 2.35. The number of hydrogen-bond donors (Lipinski definition) is 1. The summed E-state index contributed by atoms with van der Waals surface area (Å²) >= 11 is 0. The van der Waals surface area contributed by atoms with Crippen molar-refractivity contribution in [1.82, 2.24) is 10.1 Å². The van der Waals surface area contributed by atoms with Crippen molar-refractivity contribution in [3.8, 4) is 0 Å². The molecule has 2 aromatic rings. The molecule has 1 aromatic carbocycles. The van der Waals surface area contributed by atoms with Gasteiger partial charge in [-0.2, -0.15) is 0 Å². The van der Waals surface area contributed by atoms with E-state index in [1.807, 2.05) is 38.1 Å². The normalized spacial score (nSPS) is 16.6. The summed E-state index contributed by atoms with van der Waals surface area (Å²) in [7, 11) is 0. The zero-order valence-electron chi connectivity index (χ0n) is 14.5. The molecule has 0 saturated carbocycles. The number of carbonyl (C=O) groups is 2. The molecule has 2 heterocycles. The van der Waals surface area contributed by atoms with Gasteiger partial charge in [0.25, 0.3) is 0 Å². The summed E-state index contributed by atoms with van der Waals surface area (Å²) in [6.07, 6.45) is 1.79. The van der Waals surface area contributed by atoms with Gasteiger partial charge in [0.05, 0.1) is 12.1 Å². The Kier molecular flexibility index (Phi) is 4.88. The van der Waals surface area contributed by atoms with Crippen LogP contribution >= 0.6 is 0 Å². The van der Waals surface area contributed by atoms with E-state index in [0.717, 1.165) is 22.4 Å². The Bertz CT molecular complexity index is 775. The smallest absolute Gasteiger partial charge is 0.326 e. The number of rotatable bonds is 5. The number of aryl methyl sites for hydroxylation is 2. The van der Waals surface area contributed by atoms with Gasteiger partial charge >= 0.3 is 5.97 Å². The second-order valence-corrected chi connectivity index (χ2v) is 6.26. The summed E-state index contributed by atoms with van der Waals surface area (Å²) in [6.45, 7) is 4.23. The van der Waals surface area contributed by atoms with Gasteiger partial charge in [-0.15, -0.1) is 0 Å². The average molecular weight is 342 g/mol. The fourth-order valence-electron chi connectivity index (χ4n) is 3.40. The Labute approximate surface area is 146 Å². The molecular formula is C19H22N2O4. The molecule has 25 heavy (non-hydrogen) atoms. The van der Waals surface area contributed by atoms with Crippen molar-refractivity contribution in [2.75, 3.05) is 0 Å². The Hall–Kier alpha value is -2.63. The average Bonchev–Trinajstić information content (AvgIpc) is 3.02. The van der Waals surface area contributed by atoms with Gasteiger partial charge in [0.1, 0.15) is 11.8 Å². The van der Waals surface area contributed by atoms with Crippen molar-refractivity contribution in [1.29, 1.82) is 0 Å². The van der Waals surface area contributed by atoms with Gasteiger partial charge in [-0.3, -0.25) is 4.79 Å². The van der Waals surface area contributed by atoms with Crippen molar-refractivity contribution >= 4 is 11.9 Å². The van der Waals surface area contributed by atoms with Crippen molar-refractivity contribution in [2.24, 2.45) is 0 Å². The standard InChI is InChI=1S/C19H22N2O4/c1-3-15-14(17(4-2)25-20-15)10-18(22)21-11-13-8-6-5-7-12(13)9-16(21)19(23)24/h5-8,16H,3-4,9-11H2,1-2H3,(H,23,24). The minimum atomic E-state index is -0.973. The summed E-state index contributed by atoms with van der Waals surface area (Å²) in [5, 5.41) is 13.6. The number of carbonyl (C=O) groups excluding carboxylic acids is 1. The van der Waals surface area contributed by atoms with E-state index < -0.39 is 12.0 Å². The zero-order chi connectivity index (χ0) is 18.0. The second kappa shape index (κ2) is 7.09. The Morgan fingerprint density at radius 1 is 1.24 bits per heavy atom. The van der Waals surface area contributed by atoms with Crippen LogP contribution in [-0.2, 0) is 41.8 Å². The van der Waals surface area contributed by atoms with Gasteiger partial charge in [-0.05, 0) is 17.5 Å². The van der Waals surface area contributed by atoms with Crippen LogP contribution in [0.4, 0.5) is 0 Å². The maximum Gasteiger partial charge on any atom is 0.326 e. The summed E-state index contributed by atoms with van der Waals surface area (Å²) in [5.74, 6) is -0.469. The van der Waals surface area contributed by atoms with E-state index in [1.54, 1.807) is 0 Å². The van der Waals surface area contributed by atoms with Crippen molar-refractivity contribution in [2.45, 2.75) is 52.1 Å². The number of aliphatic carboxylic acids is 1. The molecular weight excluding hydrogens is 320 g/mol. The molecule has 0 bridgehead atoms. The van der Waals surface area contributed by atoms with E-state index in [1.165, 1.54) is 4.90 Å². The van der Waals surface area contributed by atoms with E-state index in [2.05, 4.69) is 5.16 Å². The highest BCUT2D eigenvalue weighted by Crippen LogP contribution is 2.25. The zero-order valence-corrected chi connectivity index (χ0v) is 14.5. The molecule has 1 amide bonds. The highest BCUT2D eigenvalue weighted by atomic mass is 16.5. The van der Waals surface area contributed by atoms with Crippen molar-refractivity contribution in [3.05, 3.63) is 52.4 Å². The fourth-order valence-corrected chi connectivity index (χ4v) is 3.40. The van der Waals surface area contributed by atoms with Crippen molar-refractivity contribution < 1.29 is 19.2 Å². The highest BCUT2D eigenvalue weighted by molar-refractivity contribution is 5.86. The van der Waals surface area contributed by atoms with Gasteiger partial charge in [-0.25, -0.2) is 4.79 Å². The molecule has 0 saturated heterocycles.